The molecular weight excluding hydrogens is 135 g/mol. The Morgan fingerprint density at radius 3 is 2.29 bits per heavy atom. The van der Waals surface area contributed by atoms with Crippen LogP contribution in [0.15, 0.2) is 0 Å². The molecule has 38 valence electrons. The van der Waals surface area contributed by atoms with Crippen molar-refractivity contribution in [3.8, 4) is 0 Å². The normalized spacial score (nSPS) is 12.9. The van der Waals surface area contributed by atoms with E-state index in [0.717, 1.165) is 6.04 Å². The monoisotopic (exact) mass is 144 g/mol. The van der Waals surface area contributed by atoms with E-state index in [1.165, 1.54) is 0 Å². The third-order valence-electron chi connectivity index (χ3n) is 0.596. The molecule has 0 radical (unpaired) electrons. The van der Waals surface area contributed by atoms with Crippen LogP contribution < -0.4 is 34.4 Å². The number of rotatable bonds is 2. The Hall–Kier alpha value is 1.35. The third kappa shape index (κ3) is 7.35. The van der Waals surface area contributed by atoms with E-state index in [-0.39, 0.29) is 29.6 Å². The van der Waals surface area contributed by atoms with Crippen LogP contribution in [0.5, 0.6) is 0 Å². The minimum absolute atomic E-state index is 0. The summed E-state index contributed by atoms with van der Waals surface area (Å²) in [6.07, 6.45) is 0. The zero-order valence-electron chi connectivity index (χ0n) is 5.10. The molecule has 0 aromatic heterocycles. The van der Waals surface area contributed by atoms with Gasteiger partial charge in [0, 0.05) is 0 Å². The van der Waals surface area contributed by atoms with Gasteiger partial charge in [-0.1, -0.05) is 13.0 Å². The molecule has 0 aromatic rings. The fourth-order valence-electron chi connectivity index (χ4n) is 0.167. The molecule has 0 aliphatic heterocycles. The number of hydrogen-bond donors (Lipinski definition) is 0. The van der Waals surface area contributed by atoms with Gasteiger partial charge in [0.25, 0.3) is 0 Å². The van der Waals surface area contributed by atoms with Crippen molar-refractivity contribution in [3.63, 3.8) is 0 Å². The maximum Gasteiger partial charge on any atom is 1.00 e. The standard InChI is InChI=1S/C2H9O2Si2.Na/c1-2-6(3)4-5;/h6H,2H2,1,5H3;/q-1;+1. The van der Waals surface area contributed by atoms with E-state index >= 15 is 0 Å². The second-order valence-corrected chi connectivity index (χ2v) is 4.63. The smallest absolute Gasteiger partial charge is 0.841 e. The van der Waals surface area contributed by atoms with Gasteiger partial charge in [-0.3, -0.25) is 0 Å². The summed E-state index contributed by atoms with van der Waals surface area (Å²) >= 11 is 0. The fourth-order valence-corrected chi connectivity index (χ4v) is 1.50. The Labute approximate surface area is 70.9 Å². The van der Waals surface area contributed by atoms with Gasteiger partial charge >= 0.3 is 29.6 Å². The van der Waals surface area contributed by atoms with E-state index in [1.807, 2.05) is 6.92 Å². The van der Waals surface area contributed by atoms with Crippen molar-refractivity contribution in [2.75, 3.05) is 0 Å². The van der Waals surface area contributed by atoms with Crippen LogP contribution in [0.1, 0.15) is 6.92 Å². The molecule has 0 heterocycles. The van der Waals surface area contributed by atoms with Crippen LogP contribution in [0.2, 0.25) is 6.04 Å². The van der Waals surface area contributed by atoms with Gasteiger partial charge in [0.1, 0.15) is 10.5 Å². The molecule has 0 aromatic carbocycles. The summed E-state index contributed by atoms with van der Waals surface area (Å²) in [6.45, 7) is 1.88. The molecule has 0 aliphatic rings. The van der Waals surface area contributed by atoms with E-state index in [4.69, 9.17) is 0 Å². The van der Waals surface area contributed by atoms with Crippen LogP contribution in [-0.4, -0.2) is 19.8 Å². The summed E-state index contributed by atoms with van der Waals surface area (Å²) in [7, 11) is -1.22. The van der Waals surface area contributed by atoms with Gasteiger partial charge in [0.15, 0.2) is 0 Å². The van der Waals surface area contributed by atoms with Crippen LogP contribution in [0.25, 0.3) is 0 Å². The van der Waals surface area contributed by atoms with Crippen molar-refractivity contribution < 1.29 is 38.5 Å². The molecule has 0 saturated carbocycles. The van der Waals surface area contributed by atoms with Gasteiger partial charge in [-0.25, -0.2) is 0 Å². The van der Waals surface area contributed by atoms with E-state index in [1.54, 1.807) is 0 Å². The van der Waals surface area contributed by atoms with Gasteiger partial charge in [-0.2, -0.15) is 0 Å². The summed E-state index contributed by atoms with van der Waals surface area (Å²) in [6, 6.07) is 0.726. The maximum atomic E-state index is 10.2. The van der Waals surface area contributed by atoms with E-state index < -0.39 is 9.28 Å². The molecule has 1 unspecified atom stereocenters. The first-order valence-electron chi connectivity index (χ1n) is 2.00. The molecule has 0 N–H and O–H groups in total. The topological polar surface area (TPSA) is 32.3 Å². The predicted molar refractivity (Wildman–Crippen MR) is 28.7 cm³/mol. The second-order valence-electron chi connectivity index (χ2n) is 1.07. The Bertz CT molecular complexity index is 32.9. The summed E-state index contributed by atoms with van der Waals surface area (Å²) in [5.41, 5.74) is 0. The Kier molecular flexibility index (Phi) is 11.8. The van der Waals surface area contributed by atoms with Gasteiger partial charge in [-0.05, 0) is 0 Å². The first-order valence-corrected chi connectivity index (χ1v) is 4.57. The summed E-state index contributed by atoms with van der Waals surface area (Å²) in [4.78, 5) is 10.2. The zero-order valence-corrected chi connectivity index (χ0v) is 10.3. The van der Waals surface area contributed by atoms with Gasteiger partial charge < -0.3 is 8.91 Å². The predicted octanol–water partition coefficient (Wildman–Crippen LogP) is -5.11. The zero-order chi connectivity index (χ0) is 4.99. The Morgan fingerprint density at radius 2 is 2.29 bits per heavy atom. The molecule has 5 heteroatoms. The molecule has 0 bridgehead atoms. The average Bonchev–Trinajstić information content (AvgIpc) is 1.65. The van der Waals surface area contributed by atoms with E-state index in [9.17, 15) is 4.80 Å². The van der Waals surface area contributed by atoms with Crippen LogP contribution in [0.3, 0.4) is 0 Å². The SMILES string of the molecule is CC[SiH]([O-])O[SiH3].[Na+]. The molecule has 0 rings (SSSR count). The van der Waals surface area contributed by atoms with Gasteiger partial charge in [0.2, 0.25) is 0 Å². The third-order valence-corrected chi connectivity index (χ3v) is 3.37. The molecule has 1 atom stereocenters. The van der Waals surface area contributed by atoms with Crippen LogP contribution >= 0.6 is 0 Å². The van der Waals surface area contributed by atoms with Gasteiger partial charge in [0.05, 0.1) is 9.28 Å². The van der Waals surface area contributed by atoms with E-state index in [2.05, 4.69) is 4.12 Å². The molecule has 0 spiro atoms. The minimum atomic E-state index is -1.85. The Balaban J connectivity index is 0. The molecule has 0 saturated heterocycles. The second kappa shape index (κ2) is 7.35. The molecule has 0 aliphatic carbocycles. The first-order chi connectivity index (χ1) is 2.81. The summed E-state index contributed by atoms with van der Waals surface area (Å²) in [5.74, 6) is 0. The van der Waals surface area contributed by atoms with Crippen molar-refractivity contribution >= 4 is 19.8 Å². The van der Waals surface area contributed by atoms with E-state index in [0.29, 0.717) is 10.5 Å². The average molecular weight is 144 g/mol. The van der Waals surface area contributed by atoms with Crippen molar-refractivity contribution in [3.05, 3.63) is 0 Å². The number of hydrogen-bond acceptors (Lipinski definition) is 2. The van der Waals surface area contributed by atoms with Crippen LogP contribution in [0.4, 0.5) is 0 Å². The van der Waals surface area contributed by atoms with Crippen molar-refractivity contribution in [2.45, 2.75) is 13.0 Å². The molecule has 2 nitrogen and oxygen atoms in total. The van der Waals surface area contributed by atoms with Crippen molar-refractivity contribution in [2.24, 2.45) is 0 Å². The fraction of sp³-hybridized carbons (Fsp3) is 1.00. The van der Waals surface area contributed by atoms with Gasteiger partial charge in [-0.15, -0.1) is 0 Å². The van der Waals surface area contributed by atoms with Crippen LogP contribution in [0, 0.1) is 0 Å². The minimum Gasteiger partial charge on any atom is -0.841 e. The van der Waals surface area contributed by atoms with Crippen molar-refractivity contribution in [1.82, 2.24) is 0 Å². The van der Waals surface area contributed by atoms with Crippen molar-refractivity contribution in [1.29, 1.82) is 0 Å². The molecule has 0 fully saturated rings. The quantitative estimate of drug-likeness (QED) is 0.363. The molecule has 0 amide bonds. The van der Waals surface area contributed by atoms with Crippen LogP contribution in [-0.2, 0) is 4.12 Å². The first kappa shape index (κ1) is 11.2. The maximum absolute atomic E-state index is 10.2. The molecular formula is C2H9NaO2Si2. The Morgan fingerprint density at radius 1 is 1.86 bits per heavy atom. The summed E-state index contributed by atoms with van der Waals surface area (Å²) < 4.78 is 4.62. The largest absolute Gasteiger partial charge is 1.00 e. The summed E-state index contributed by atoms with van der Waals surface area (Å²) in [5, 5.41) is 0. The molecule has 7 heavy (non-hydrogen) atoms.